The molecular formula is C10H12FN3O4. The Balaban J connectivity index is 2.73. The summed E-state index contributed by atoms with van der Waals surface area (Å²) in [7, 11) is 0. The first-order valence-electron chi connectivity index (χ1n) is 5.06. The van der Waals surface area contributed by atoms with Crippen LogP contribution in [-0.4, -0.2) is 30.6 Å². The highest BCUT2D eigenvalue weighted by molar-refractivity contribution is 5.93. The second-order valence-electron chi connectivity index (χ2n) is 3.31. The Morgan fingerprint density at radius 3 is 2.89 bits per heavy atom. The van der Waals surface area contributed by atoms with Gasteiger partial charge in [-0.3, -0.25) is 14.9 Å². The predicted octanol–water partition coefficient (Wildman–Crippen LogP) is 0.648. The Hall–Kier alpha value is -2.06. The van der Waals surface area contributed by atoms with Gasteiger partial charge in [0.15, 0.2) is 0 Å². The van der Waals surface area contributed by atoms with Gasteiger partial charge in [0.2, 0.25) is 0 Å². The number of carbonyl (C=O) groups is 1. The molecule has 1 rings (SSSR count). The number of nitro benzene ring substituents is 1. The number of halogens is 1. The molecule has 0 bridgehead atoms. The van der Waals surface area contributed by atoms with E-state index in [0.29, 0.717) is 0 Å². The summed E-state index contributed by atoms with van der Waals surface area (Å²) in [6.45, 7) is 0.150. The molecule has 0 aliphatic heterocycles. The van der Waals surface area contributed by atoms with Gasteiger partial charge in [-0.15, -0.1) is 0 Å². The van der Waals surface area contributed by atoms with Gasteiger partial charge in [0.25, 0.3) is 11.6 Å². The minimum absolute atomic E-state index is 0.193. The molecule has 1 amide bonds. The van der Waals surface area contributed by atoms with Crippen LogP contribution in [-0.2, 0) is 9.53 Å². The molecule has 1 aromatic rings. The Morgan fingerprint density at radius 2 is 2.28 bits per heavy atom. The van der Waals surface area contributed by atoms with Crippen molar-refractivity contribution in [2.24, 2.45) is 5.73 Å². The van der Waals surface area contributed by atoms with Crippen LogP contribution in [0.25, 0.3) is 0 Å². The lowest BCUT2D eigenvalue weighted by Gasteiger charge is -2.06. The molecule has 7 nitrogen and oxygen atoms in total. The number of nitrogens with one attached hydrogen (secondary N) is 1. The molecule has 0 aliphatic rings. The van der Waals surface area contributed by atoms with Crippen LogP contribution in [0.3, 0.4) is 0 Å². The van der Waals surface area contributed by atoms with Gasteiger partial charge in [-0.2, -0.15) is 0 Å². The van der Waals surface area contributed by atoms with E-state index in [1.165, 1.54) is 0 Å². The highest BCUT2D eigenvalue weighted by Crippen LogP contribution is 2.24. The van der Waals surface area contributed by atoms with Crippen molar-refractivity contribution in [3.05, 3.63) is 34.1 Å². The fourth-order valence-corrected chi connectivity index (χ4v) is 1.20. The van der Waals surface area contributed by atoms with Gasteiger partial charge in [-0.05, 0) is 6.07 Å². The van der Waals surface area contributed by atoms with Gasteiger partial charge >= 0.3 is 0 Å². The minimum atomic E-state index is -0.713. The van der Waals surface area contributed by atoms with Gasteiger partial charge in [0.05, 0.1) is 11.5 Å². The molecule has 0 heterocycles. The number of rotatable bonds is 6. The van der Waals surface area contributed by atoms with Crippen molar-refractivity contribution in [3.63, 3.8) is 0 Å². The maximum atomic E-state index is 12.9. The van der Waals surface area contributed by atoms with Crippen molar-refractivity contribution in [2.45, 2.75) is 0 Å². The van der Waals surface area contributed by atoms with Gasteiger partial charge in [0.1, 0.15) is 18.1 Å². The van der Waals surface area contributed by atoms with Crippen molar-refractivity contribution in [3.8, 4) is 0 Å². The van der Waals surface area contributed by atoms with Crippen molar-refractivity contribution in [1.29, 1.82) is 0 Å². The number of carbonyl (C=O) groups excluding carboxylic acids is 1. The monoisotopic (exact) mass is 257 g/mol. The highest BCUT2D eigenvalue weighted by Gasteiger charge is 2.16. The van der Waals surface area contributed by atoms with Gasteiger partial charge in [-0.1, -0.05) is 0 Å². The average molecular weight is 257 g/mol. The molecule has 0 unspecified atom stereocenters. The highest BCUT2D eigenvalue weighted by atomic mass is 19.1. The van der Waals surface area contributed by atoms with Crippen molar-refractivity contribution < 1.29 is 18.8 Å². The molecule has 0 aliphatic carbocycles. The smallest absolute Gasteiger partial charge is 0.292 e. The summed E-state index contributed by atoms with van der Waals surface area (Å²) in [5.74, 6) is -1.30. The van der Waals surface area contributed by atoms with Crippen LogP contribution in [0, 0.1) is 15.9 Å². The Bertz CT molecular complexity index is 453. The van der Waals surface area contributed by atoms with E-state index >= 15 is 0 Å². The van der Waals surface area contributed by atoms with Crippen LogP contribution in [0.1, 0.15) is 0 Å². The van der Waals surface area contributed by atoms with Crippen molar-refractivity contribution >= 4 is 17.3 Å². The zero-order valence-corrected chi connectivity index (χ0v) is 9.39. The number of benzene rings is 1. The number of ether oxygens (including phenoxy) is 1. The summed E-state index contributed by atoms with van der Waals surface area (Å²) in [6, 6.07) is 2.80. The SMILES string of the molecule is NCCOCC(=O)Nc1cc(F)ccc1[N+](=O)[O-]. The molecule has 1 aromatic carbocycles. The van der Waals surface area contributed by atoms with E-state index in [-0.39, 0.29) is 31.1 Å². The van der Waals surface area contributed by atoms with Crippen molar-refractivity contribution in [2.75, 3.05) is 25.1 Å². The van der Waals surface area contributed by atoms with Crippen LogP contribution in [0.5, 0.6) is 0 Å². The van der Waals surface area contributed by atoms with Gasteiger partial charge in [-0.25, -0.2) is 4.39 Å². The van der Waals surface area contributed by atoms with E-state index in [1.807, 2.05) is 0 Å². The van der Waals surface area contributed by atoms with E-state index in [9.17, 15) is 19.3 Å². The van der Waals surface area contributed by atoms with E-state index in [2.05, 4.69) is 5.32 Å². The maximum absolute atomic E-state index is 12.9. The second kappa shape index (κ2) is 6.62. The number of nitrogens with two attached hydrogens (primary N) is 1. The molecule has 98 valence electrons. The van der Waals surface area contributed by atoms with Crippen LogP contribution in [0.4, 0.5) is 15.8 Å². The summed E-state index contributed by atoms with van der Waals surface area (Å²) in [4.78, 5) is 21.3. The number of amides is 1. The van der Waals surface area contributed by atoms with Gasteiger partial charge in [0, 0.05) is 18.7 Å². The quantitative estimate of drug-likeness (QED) is 0.442. The second-order valence-corrected chi connectivity index (χ2v) is 3.31. The van der Waals surface area contributed by atoms with E-state index < -0.39 is 16.6 Å². The van der Waals surface area contributed by atoms with Gasteiger partial charge < -0.3 is 15.8 Å². The third kappa shape index (κ3) is 4.07. The summed E-state index contributed by atoms with van der Waals surface area (Å²) < 4.78 is 17.8. The third-order valence-electron chi connectivity index (χ3n) is 1.92. The van der Waals surface area contributed by atoms with E-state index in [4.69, 9.17) is 10.5 Å². The van der Waals surface area contributed by atoms with E-state index in [0.717, 1.165) is 18.2 Å². The molecule has 0 aromatic heterocycles. The Kier molecular flexibility index (Phi) is 5.15. The summed E-state index contributed by atoms with van der Waals surface area (Å²) >= 11 is 0. The number of hydrogen-bond acceptors (Lipinski definition) is 5. The molecule has 0 saturated carbocycles. The normalized spacial score (nSPS) is 10.1. The molecule has 0 atom stereocenters. The largest absolute Gasteiger partial charge is 0.370 e. The topological polar surface area (TPSA) is 107 Å². The summed E-state index contributed by atoms with van der Waals surface area (Å²) in [5, 5.41) is 12.9. The number of hydrogen-bond donors (Lipinski definition) is 2. The fraction of sp³-hybridized carbons (Fsp3) is 0.300. The first-order chi connectivity index (χ1) is 8.54. The molecule has 0 fully saturated rings. The number of nitrogens with zero attached hydrogens (tertiary/aromatic N) is 1. The number of nitro groups is 1. The molecule has 3 N–H and O–H groups in total. The fourth-order valence-electron chi connectivity index (χ4n) is 1.20. The minimum Gasteiger partial charge on any atom is -0.370 e. The van der Waals surface area contributed by atoms with E-state index in [1.54, 1.807) is 0 Å². The van der Waals surface area contributed by atoms with Crippen LogP contribution in [0.15, 0.2) is 18.2 Å². The zero-order valence-electron chi connectivity index (χ0n) is 9.39. The molecule has 8 heteroatoms. The van der Waals surface area contributed by atoms with Crippen LogP contribution < -0.4 is 11.1 Å². The summed E-state index contributed by atoms with van der Waals surface area (Å²) in [5.41, 5.74) is 4.56. The van der Waals surface area contributed by atoms with Crippen LogP contribution >= 0.6 is 0 Å². The lowest BCUT2D eigenvalue weighted by molar-refractivity contribution is -0.384. The standard InChI is InChI=1S/C10H12FN3O4/c11-7-1-2-9(14(16)17)8(5-7)13-10(15)6-18-4-3-12/h1-2,5H,3-4,6,12H2,(H,13,15). The van der Waals surface area contributed by atoms with Crippen LogP contribution in [0.2, 0.25) is 0 Å². The first kappa shape index (κ1) is 14.0. The lowest BCUT2D eigenvalue weighted by atomic mass is 10.2. The predicted molar refractivity (Wildman–Crippen MR) is 61.6 cm³/mol. The lowest BCUT2D eigenvalue weighted by Crippen LogP contribution is -2.21. The molecule has 0 spiro atoms. The zero-order chi connectivity index (χ0) is 13.5. The third-order valence-corrected chi connectivity index (χ3v) is 1.92. The Labute approximate surface area is 102 Å². The summed E-state index contributed by atoms with van der Waals surface area (Å²) in [6.07, 6.45) is 0. The molecular weight excluding hydrogens is 245 g/mol. The Morgan fingerprint density at radius 1 is 1.56 bits per heavy atom. The molecule has 18 heavy (non-hydrogen) atoms. The number of anilines is 1. The maximum Gasteiger partial charge on any atom is 0.292 e. The van der Waals surface area contributed by atoms with Crippen molar-refractivity contribution in [1.82, 2.24) is 0 Å². The molecule has 0 saturated heterocycles. The first-order valence-corrected chi connectivity index (χ1v) is 5.06. The molecule has 0 radical (unpaired) electrons. The average Bonchev–Trinajstić information content (AvgIpc) is 2.29.